The van der Waals surface area contributed by atoms with Gasteiger partial charge < -0.3 is 17.7 Å². The van der Waals surface area contributed by atoms with E-state index in [0.717, 1.165) is 5.82 Å². The molecule has 0 unspecified atom stereocenters. The van der Waals surface area contributed by atoms with Crippen molar-refractivity contribution in [1.29, 1.82) is 0 Å². The lowest BCUT2D eigenvalue weighted by molar-refractivity contribution is -0.677. The van der Waals surface area contributed by atoms with Crippen LogP contribution in [0, 0.1) is 6.92 Å². The van der Waals surface area contributed by atoms with Crippen molar-refractivity contribution in [2.24, 2.45) is 7.05 Å². The Morgan fingerprint density at radius 1 is 1.50 bits per heavy atom. The van der Waals surface area contributed by atoms with Crippen LogP contribution in [0.25, 0.3) is 0 Å². The summed E-state index contributed by atoms with van der Waals surface area (Å²) in [6, 6.07) is 0. The molecule has 0 saturated carbocycles. The molecule has 1 amide bonds. The maximum absolute atomic E-state index is 11.6. The van der Waals surface area contributed by atoms with Crippen molar-refractivity contribution >= 4 is 5.91 Å². The van der Waals surface area contributed by atoms with E-state index in [2.05, 4.69) is 5.32 Å². The summed E-state index contributed by atoms with van der Waals surface area (Å²) in [4.78, 5) is 11.6. The first-order chi connectivity index (χ1) is 6.79. The van der Waals surface area contributed by atoms with Crippen molar-refractivity contribution < 1.29 is 21.8 Å². The normalized spacial score (nSPS) is 10.8. The van der Waals surface area contributed by atoms with Crippen molar-refractivity contribution in [3.63, 3.8) is 0 Å². The SMILES string of the molecule is Cc1n(CC(=O)NC(C)(C)C)cc[n+]1C.[Cl-]. The van der Waals surface area contributed by atoms with Gasteiger partial charge in [-0.3, -0.25) is 4.79 Å². The largest absolute Gasteiger partial charge is 1.00 e. The molecule has 0 aliphatic carbocycles. The first-order valence-corrected chi connectivity index (χ1v) is 5.12. The lowest BCUT2D eigenvalue weighted by Crippen LogP contribution is -3.00. The summed E-state index contributed by atoms with van der Waals surface area (Å²) in [6.45, 7) is 8.31. The summed E-state index contributed by atoms with van der Waals surface area (Å²) in [5.41, 5.74) is -0.166. The van der Waals surface area contributed by atoms with Crippen LogP contribution in [0.2, 0.25) is 0 Å². The van der Waals surface area contributed by atoms with Crippen LogP contribution < -0.4 is 22.3 Å². The number of carbonyl (C=O) groups is 1. The number of carbonyl (C=O) groups excluding carboxylic acids is 1. The summed E-state index contributed by atoms with van der Waals surface area (Å²) >= 11 is 0. The van der Waals surface area contributed by atoms with Crippen LogP contribution in [0.4, 0.5) is 0 Å². The van der Waals surface area contributed by atoms with Gasteiger partial charge in [0.15, 0.2) is 6.54 Å². The lowest BCUT2D eigenvalue weighted by Gasteiger charge is -2.19. The van der Waals surface area contributed by atoms with E-state index in [9.17, 15) is 4.79 Å². The predicted octanol–water partition coefficient (Wildman–Crippen LogP) is -2.46. The molecule has 0 aliphatic heterocycles. The Morgan fingerprint density at radius 2 is 2.06 bits per heavy atom. The topological polar surface area (TPSA) is 37.9 Å². The fraction of sp³-hybridized carbons (Fsp3) is 0.636. The van der Waals surface area contributed by atoms with Crippen LogP contribution in [-0.2, 0) is 18.4 Å². The van der Waals surface area contributed by atoms with E-state index in [1.54, 1.807) is 0 Å². The van der Waals surface area contributed by atoms with Gasteiger partial charge in [0.1, 0.15) is 12.4 Å². The molecule has 0 radical (unpaired) electrons. The van der Waals surface area contributed by atoms with Crippen molar-refractivity contribution in [1.82, 2.24) is 9.88 Å². The minimum Gasteiger partial charge on any atom is -1.00 e. The van der Waals surface area contributed by atoms with Gasteiger partial charge in [0, 0.05) is 12.5 Å². The Bertz CT molecular complexity index is 366. The third-order valence-electron chi connectivity index (χ3n) is 2.22. The number of halogens is 1. The summed E-state index contributed by atoms with van der Waals surface area (Å²) in [7, 11) is 1.97. The zero-order valence-electron chi connectivity index (χ0n) is 10.5. The average Bonchev–Trinajstić information content (AvgIpc) is 2.32. The van der Waals surface area contributed by atoms with Crippen molar-refractivity contribution in [3.8, 4) is 0 Å². The zero-order chi connectivity index (χ0) is 11.6. The standard InChI is InChI=1S/C11H19N3O.ClH/c1-9-13(5)6-7-14(9)8-10(15)12-11(2,3)4;/h6-7H,8H2,1-5H3;1H. The molecular weight excluding hydrogens is 226 g/mol. The Morgan fingerprint density at radius 3 is 2.44 bits per heavy atom. The lowest BCUT2D eigenvalue weighted by atomic mass is 10.1. The number of rotatable bonds is 2. The molecule has 1 aromatic heterocycles. The summed E-state index contributed by atoms with van der Waals surface area (Å²) < 4.78 is 3.92. The highest BCUT2D eigenvalue weighted by atomic mass is 35.5. The van der Waals surface area contributed by atoms with Crippen LogP contribution in [0.3, 0.4) is 0 Å². The van der Waals surface area contributed by atoms with Crippen LogP contribution in [0.15, 0.2) is 12.4 Å². The average molecular weight is 246 g/mol. The van der Waals surface area contributed by atoms with Gasteiger partial charge in [-0.05, 0) is 20.8 Å². The molecule has 1 heterocycles. The molecular formula is C11H20ClN3O. The number of imidazole rings is 1. The van der Waals surface area contributed by atoms with Gasteiger partial charge in [0.2, 0.25) is 0 Å². The van der Waals surface area contributed by atoms with Crippen molar-refractivity contribution in [3.05, 3.63) is 18.2 Å². The molecule has 1 N–H and O–H groups in total. The number of amides is 1. The Kier molecular flexibility index (Phi) is 5.00. The maximum atomic E-state index is 11.6. The van der Waals surface area contributed by atoms with E-state index in [1.165, 1.54) is 0 Å². The van der Waals surface area contributed by atoms with E-state index >= 15 is 0 Å². The second-order valence-corrected chi connectivity index (χ2v) is 4.88. The molecule has 0 atom stereocenters. The molecule has 1 rings (SSSR count). The summed E-state index contributed by atoms with van der Waals surface area (Å²) in [5, 5.41) is 2.94. The van der Waals surface area contributed by atoms with Gasteiger partial charge in [-0.1, -0.05) is 0 Å². The fourth-order valence-electron chi connectivity index (χ4n) is 1.38. The van der Waals surface area contributed by atoms with Crippen LogP contribution in [-0.4, -0.2) is 16.0 Å². The predicted molar refractivity (Wildman–Crippen MR) is 58.2 cm³/mol. The molecule has 0 aliphatic rings. The first kappa shape index (κ1) is 15.0. The molecule has 4 nitrogen and oxygen atoms in total. The van der Waals surface area contributed by atoms with E-state index in [1.807, 2.05) is 56.3 Å². The van der Waals surface area contributed by atoms with Crippen molar-refractivity contribution in [2.75, 3.05) is 0 Å². The molecule has 1 aromatic rings. The number of hydrogen-bond donors (Lipinski definition) is 1. The van der Waals surface area contributed by atoms with E-state index < -0.39 is 0 Å². The highest BCUT2D eigenvalue weighted by Crippen LogP contribution is 1.99. The Balaban J connectivity index is 0.00000225. The second kappa shape index (κ2) is 5.34. The van der Waals surface area contributed by atoms with Gasteiger partial charge >= 0.3 is 0 Å². The van der Waals surface area contributed by atoms with Gasteiger partial charge in [0.05, 0.1) is 7.05 Å². The molecule has 0 fully saturated rings. The van der Waals surface area contributed by atoms with Gasteiger partial charge in [0.25, 0.3) is 11.7 Å². The van der Waals surface area contributed by atoms with E-state index in [0.29, 0.717) is 6.54 Å². The van der Waals surface area contributed by atoms with Gasteiger partial charge in [-0.2, -0.15) is 0 Å². The number of aromatic nitrogens is 2. The number of hydrogen-bond acceptors (Lipinski definition) is 1. The summed E-state index contributed by atoms with van der Waals surface area (Å²) in [6.07, 6.45) is 3.86. The number of aryl methyl sites for hydroxylation is 1. The smallest absolute Gasteiger partial charge is 0.262 e. The van der Waals surface area contributed by atoms with E-state index in [4.69, 9.17) is 0 Å². The second-order valence-electron chi connectivity index (χ2n) is 4.88. The molecule has 0 bridgehead atoms. The molecule has 0 spiro atoms. The molecule has 5 heteroatoms. The highest BCUT2D eigenvalue weighted by Gasteiger charge is 2.17. The third kappa shape index (κ3) is 4.23. The van der Waals surface area contributed by atoms with E-state index in [-0.39, 0.29) is 23.9 Å². The quantitative estimate of drug-likeness (QED) is 0.577. The monoisotopic (exact) mass is 245 g/mol. The van der Waals surface area contributed by atoms with Gasteiger partial charge in [-0.15, -0.1) is 0 Å². The fourth-order valence-corrected chi connectivity index (χ4v) is 1.38. The molecule has 0 aromatic carbocycles. The van der Waals surface area contributed by atoms with Crippen molar-refractivity contribution in [2.45, 2.75) is 39.8 Å². The minimum absolute atomic E-state index is 0. The Hall–Kier alpha value is -1.03. The highest BCUT2D eigenvalue weighted by molar-refractivity contribution is 5.76. The minimum atomic E-state index is -0.166. The van der Waals surface area contributed by atoms with Crippen LogP contribution in [0.5, 0.6) is 0 Å². The summed E-state index contributed by atoms with van der Waals surface area (Å²) in [5.74, 6) is 1.11. The van der Waals surface area contributed by atoms with Gasteiger partial charge in [-0.25, -0.2) is 9.13 Å². The maximum Gasteiger partial charge on any atom is 0.262 e. The van der Waals surface area contributed by atoms with Crippen LogP contribution in [0.1, 0.15) is 26.6 Å². The number of nitrogens with zero attached hydrogens (tertiary/aromatic N) is 2. The number of nitrogens with one attached hydrogen (secondary N) is 1. The van der Waals surface area contributed by atoms with Crippen LogP contribution >= 0.6 is 0 Å². The third-order valence-corrected chi connectivity index (χ3v) is 2.22. The molecule has 16 heavy (non-hydrogen) atoms. The first-order valence-electron chi connectivity index (χ1n) is 5.12. The zero-order valence-corrected chi connectivity index (χ0v) is 11.3. The molecule has 92 valence electrons. The molecule has 0 saturated heterocycles. The Labute approximate surface area is 103 Å².